The van der Waals surface area contributed by atoms with Crippen molar-refractivity contribution in [2.24, 2.45) is 0 Å². The van der Waals surface area contributed by atoms with Crippen LogP contribution in [0.15, 0.2) is 72.8 Å². The van der Waals surface area contributed by atoms with E-state index in [-0.39, 0.29) is 6.61 Å². The summed E-state index contributed by atoms with van der Waals surface area (Å²) in [5.41, 5.74) is 0.825. The summed E-state index contributed by atoms with van der Waals surface area (Å²) in [6.45, 7) is 0.124. The van der Waals surface area contributed by atoms with Crippen LogP contribution in [0.2, 0.25) is 5.02 Å². The summed E-state index contributed by atoms with van der Waals surface area (Å²) in [6, 6.07) is 22.5. The predicted molar refractivity (Wildman–Crippen MR) is 115 cm³/mol. The molecule has 4 aromatic rings. The summed E-state index contributed by atoms with van der Waals surface area (Å²) in [5.74, 6) is 1.68. The fraction of sp³-hybridized carbons (Fsp3) is 0.0870. The number of methoxy groups -OCH3 is 1. The molecule has 0 saturated heterocycles. The fourth-order valence-corrected chi connectivity index (χ4v) is 4.27. The molecule has 0 N–H and O–H groups in total. The first-order valence-corrected chi connectivity index (χ1v) is 10.1. The van der Waals surface area contributed by atoms with Gasteiger partial charge in [0.15, 0.2) is 0 Å². The molecule has 4 rings (SSSR count). The molecule has 0 aliphatic carbocycles. The number of carbonyl (C=O) groups is 1. The van der Waals surface area contributed by atoms with Crippen LogP contribution in [-0.4, -0.2) is 13.1 Å². The Bertz CT molecular complexity index is 1150. The van der Waals surface area contributed by atoms with Gasteiger partial charge in [-0.3, -0.25) is 0 Å². The average Bonchev–Trinajstić information content (AvgIpc) is 3.09. The average molecular weight is 425 g/mol. The van der Waals surface area contributed by atoms with Crippen molar-refractivity contribution in [3.63, 3.8) is 0 Å². The van der Waals surface area contributed by atoms with E-state index in [1.54, 1.807) is 7.11 Å². The highest BCUT2D eigenvalue weighted by Gasteiger charge is 2.19. The Hall–Kier alpha value is -3.02. The second-order valence-corrected chi connectivity index (χ2v) is 7.68. The van der Waals surface area contributed by atoms with E-state index in [9.17, 15) is 4.79 Å². The Balaban J connectivity index is 1.46. The number of fused-ring (bicyclic) bond motifs is 1. The van der Waals surface area contributed by atoms with E-state index in [2.05, 4.69) is 0 Å². The molecule has 0 radical (unpaired) electrons. The molecule has 0 fully saturated rings. The van der Waals surface area contributed by atoms with Gasteiger partial charge in [0.2, 0.25) is 0 Å². The highest BCUT2D eigenvalue weighted by atomic mass is 35.5. The number of halogens is 1. The van der Waals surface area contributed by atoms with Crippen molar-refractivity contribution in [1.82, 2.24) is 0 Å². The van der Waals surface area contributed by atoms with Gasteiger partial charge in [-0.05, 0) is 48.0 Å². The molecule has 146 valence electrons. The molecule has 0 aliphatic heterocycles. The van der Waals surface area contributed by atoms with Gasteiger partial charge >= 0.3 is 5.97 Å². The van der Waals surface area contributed by atoms with Crippen molar-refractivity contribution in [3.05, 3.63) is 88.3 Å². The van der Waals surface area contributed by atoms with Gasteiger partial charge in [-0.25, -0.2) is 4.79 Å². The van der Waals surface area contributed by atoms with Gasteiger partial charge in [-0.1, -0.05) is 41.9 Å². The zero-order chi connectivity index (χ0) is 20.2. The number of thiophene rings is 1. The number of esters is 1. The molecule has 0 aliphatic rings. The normalized spacial score (nSPS) is 10.7. The zero-order valence-corrected chi connectivity index (χ0v) is 17.1. The maximum atomic E-state index is 12.6. The number of ether oxygens (including phenoxy) is 3. The highest BCUT2D eigenvalue weighted by Crippen LogP contribution is 2.37. The van der Waals surface area contributed by atoms with E-state index >= 15 is 0 Å². The third-order valence-corrected chi connectivity index (χ3v) is 5.91. The SMILES string of the molecule is COc1ccc2c(Cl)c(C(=O)OCc3cccc(Oc4ccccc4)c3)sc2c1. The predicted octanol–water partition coefficient (Wildman–Crippen LogP) is 6.71. The van der Waals surface area contributed by atoms with Crippen molar-refractivity contribution in [1.29, 1.82) is 0 Å². The number of carbonyl (C=O) groups excluding carboxylic acids is 1. The van der Waals surface area contributed by atoms with Crippen LogP contribution in [-0.2, 0) is 11.3 Å². The summed E-state index contributed by atoms with van der Waals surface area (Å²) in [4.78, 5) is 13.0. The largest absolute Gasteiger partial charge is 0.497 e. The van der Waals surface area contributed by atoms with Crippen LogP contribution in [0.25, 0.3) is 10.1 Å². The molecule has 0 bridgehead atoms. The van der Waals surface area contributed by atoms with Crippen LogP contribution < -0.4 is 9.47 Å². The van der Waals surface area contributed by atoms with Gasteiger partial charge in [0.05, 0.1) is 12.1 Å². The third kappa shape index (κ3) is 4.36. The van der Waals surface area contributed by atoms with Crippen LogP contribution in [0.1, 0.15) is 15.2 Å². The highest BCUT2D eigenvalue weighted by molar-refractivity contribution is 7.21. The van der Waals surface area contributed by atoms with Gasteiger partial charge in [0, 0.05) is 10.1 Å². The number of hydrogen-bond acceptors (Lipinski definition) is 5. The molecule has 0 amide bonds. The van der Waals surface area contributed by atoms with E-state index in [0.29, 0.717) is 21.4 Å². The molecule has 29 heavy (non-hydrogen) atoms. The third-order valence-electron chi connectivity index (χ3n) is 4.27. The van der Waals surface area contributed by atoms with E-state index < -0.39 is 5.97 Å². The van der Waals surface area contributed by atoms with Gasteiger partial charge in [0.1, 0.15) is 28.7 Å². The zero-order valence-electron chi connectivity index (χ0n) is 15.6. The molecular formula is C23H17ClO4S. The Morgan fingerprint density at radius 3 is 2.52 bits per heavy atom. The lowest BCUT2D eigenvalue weighted by Crippen LogP contribution is -2.03. The van der Waals surface area contributed by atoms with E-state index in [4.69, 9.17) is 25.8 Å². The fourth-order valence-electron chi connectivity index (χ4n) is 2.84. The Kier molecular flexibility index (Phi) is 5.69. The second kappa shape index (κ2) is 8.55. The van der Waals surface area contributed by atoms with Gasteiger partial charge in [0.25, 0.3) is 0 Å². The molecular weight excluding hydrogens is 408 g/mol. The number of benzene rings is 3. The Morgan fingerprint density at radius 1 is 0.931 bits per heavy atom. The molecule has 0 saturated carbocycles. The first-order chi connectivity index (χ1) is 14.1. The molecule has 6 heteroatoms. The van der Waals surface area contributed by atoms with Crippen LogP contribution in [0.5, 0.6) is 17.2 Å². The standard InChI is InChI=1S/C23H17ClO4S/c1-26-17-10-11-19-20(13-17)29-22(21(19)24)23(25)27-14-15-6-5-9-18(12-15)28-16-7-3-2-4-8-16/h2-13H,14H2,1H3. The number of para-hydroxylation sites is 1. The van der Waals surface area contributed by atoms with Gasteiger partial charge < -0.3 is 14.2 Å². The Morgan fingerprint density at radius 2 is 1.72 bits per heavy atom. The maximum absolute atomic E-state index is 12.6. The minimum Gasteiger partial charge on any atom is -0.497 e. The van der Waals surface area contributed by atoms with E-state index in [1.807, 2.05) is 72.8 Å². The number of hydrogen-bond donors (Lipinski definition) is 0. The number of rotatable bonds is 6. The molecule has 0 atom stereocenters. The Labute approximate surface area is 177 Å². The first kappa shape index (κ1) is 19.3. The summed E-state index contributed by atoms with van der Waals surface area (Å²) < 4.78 is 17.4. The summed E-state index contributed by atoms with van der Waals surface area (Å²) in [5, 5.41) is 1.21. The molecule has 0 spiro atoms. The van der Waals surface area contributed by atoms with Crippen LogP contribution in [0, 0.1) is 0 Å². The van der Waals surface area contributed by atoms with Crippen LogP contribution in [0.4, 0.5) is 0 Å². The molecule has 4 nitrogen and oxygen atoms in total. The molecule has 0 unspecified atom stereocenters. The maximum Gasteiger partial charge on any atom is 0.350 e. The quantitative estimate of drug-likeness (QED) is 0.322. The molecule has 1 aromatic heterocycles. The molecule has 1 heterocycles. The lowest BCUT2D eigenvalue weighted by molar-refractivity contribution is 0.0478. The summed E-state index contributed by atoms with van der Waals surface area (Å²) in [7, 11) is 1.60. The minimum absolute atomic E-state index is 0.124. The van der Waals surface area contributed by atoms with E-state index in [0.717, 1.165) is 21.4 Å². The first-order valence-electron chi connectivity index (χ1n) is 8.89. The van der Waals surface area contributed by atoms with Crippen LogP contribution >= 0.6 is 22.9 Å². The lowest BCUT2D eigenvalue weighted by Gasteiger charge is -2.08. The molecule has 3 aromatic carbocycles. The van der Waals surface area contributed by atoms with E-state index in [1.165, 1.54) is 11.3 Å². The van der Waals surface area contributed by atoms with Crippen molar-refractivity contribution in [2.75, 3.05) is 7.11 Å². The van der Waals surface area contributed by atoms with Crippen molar-refractivity contribution in [2.45, 2.75) is 6.61 Å². The van der Waals surface area contributed by atoms with Gasteiger partial charge in [-0.2, -0.15) is 0 Å². The van der Waals surface area contributed by atoms with Crippen LogP contribution in [0.3, 0.4) is 0 Å². The van der Waals surface area contributed by atoms with Crippen molar-refractivity contribution < 1.29 is 19.0 Å². The summed E-state index contributed by atoms with van der Waals surface area (Å²) in [6.07, 6.45) is 0. The van der Waals surface area contributed by atoms with Crippen molar-refractivity contribution >= 4 is 39.0 Å². The lowest BCUT2D eigenvalue weighted by atomic mass is 10.2. The smallest absolute Gasteiger partial charge is 0.350 e. The topological polar surface area (TPSA) is 44.8 Å². The monoisotopic (exact) mass is 424 g/mol. The van der Waals surface area contributed by atoms with Crippen molar-refractivity contribution in [3.8, 4) is 17.2 Å². The second-order valence-electron chi connectivity index (χ2n) is 6.25. The summed E-state index contributed by atoms with van der Waals surface area (Å²) >= 11 is 7.68. The van der Waals surface area contributed by atoms with Gasteiger partial charge in [-0.15, -0.1) is 11.3 Å². The minimum atomic E-state index is -0.454.